The third-order valence-electron chi connectivity index (χ3n) is 4.66. The smallest absolute Gasteiger partial charge is 0.165 e. The first kappa shape index (κ1) is 17.6. The van der Waals surface area contributed by atoms with Crippen molar-refractivity contribution in [2.75, 3.05) is 5.32 Å². The Bertz CT molecular complexity index is 1100. The number of halogens is 1. The molecule has 0 aliphatic carbocycles. The lowest BCUT2D eigenvalue weighted by Gasteiger charge is -2.10. The van der Waals surface area contributed by atoms with E-state index in [0.717, 1.165) is 51.1 Å². The standard InChI is InChI=1S/C22H21ClN4/c1-4-16-5-11-19(12-6-16)25-20-13-14(2)24-22-21(15(3)26-27(20)22)17-7-9-18(23)10-8-17/h5-13,25H,4H2,1-3H3. The van der Waals surface area contributed by atoms with Gasteiger partial charge in [-0.2, -0.15) is 9.61 Å². The lowest BCUT2D eigenvalue weighted by atomic mass is 10.1. The van der Waals surface area contributed by atoms with Crippen LogP contribution in [0.3, 0.4) is 0 Å². The third kappa shape index (κ3) is 3.40. The summed E-state index contributed by atoms with van der Waals surface area (Å²) in [6.45, 7) is 6.16. The highest BCUT2D eigenvalue weighted by Crippen LogP contribution is 2.30. The van der Waals surface area contributed by atoms with Crippen LogP contribution in [-0.4, -0.2) is 14.6 Å². The molecule has 4 aromatic rings. The number of fused-ring (bicyclic) bond motifs is 1. The van der Waals surface area contributed by atoms with Crippen LogP contribution in [0.25, 0.3) is 16.8 Å². The van der Waals surface area contributed by atoms with Crippen LogP contribution in [0, 0.1) is 13.8 Å². The molecule has 0 atom stereocenters. The van der Waals surface area contributed by atoms with Crippen LogP contribution in [0.1, 0.15) is 23.9 Å². The SMILES string of the molecule is CCc1ccc(Nc2cc(C)nc3c(-c4ccc(Cl)cc4)c(C)nn23)cc1. The molecule has 0 bridgehead atoms. The van der Waals surface area contributed by atoms with Crippen molar-refractivity contribution in [3.63, 3.8) is 0 Å². The Hall–Kier alpha value is -2.85. The molecule has 136 valence electrons. The average Bonchev–Trinajstić information content (AvgIpc) is 2.99. The zero-order chi connectivity index (χ0) is 19.0. The van der Waals surface area contributed by atoms with Crippen molar-refractivity contribution in [3.8, 4) is 11.1 Å². The maximum absolute atomic E-state index is 6.05. The monoisotopic (exact) mass is 376 g/mol. The van der Waals surface area contributed by atoms with Gasteiger partial charge in [-0.1, -0.05) is 42.8 Å². The quantitative estimate of drug-likeness (QED) is 0.477. The van der Waals surface area contributed by atoms with Crippen LogP contribution in [-0.2, 0) is 6.42 Å². The third-order valence-corrected chi connectivity index (χ3v) is 4.91. The molecule has 0 radical (unpaired) electrons. The van der Waals surface area contributed by atoms with Crippen LogP contribution in [0.2, 0.25) is 5.02 Å². The summed E-state index contributed by atoms with van der Waals surface area (Å²) in [7, 11) is 0. The lowest BCUT2D eigenvalue weighted by Crippen LogP contribution is -2.02. The Kier molecular flexibility index (Phi) is 4.58. The number of hydrogen-bond acceptors (Lipinski definition) is 3. The summed E-state index contributed by atoms with van der Waals surface area (Å²) in [4.78, 5) is 4.75. The van der Waals surface area contributed by atoms with E-state index in [0.29, 0.717) is 0 Å². The van der Waals surface area contributed by atoms with Gasteiger partial charge in [0, 0.05) is 28.0 Å². The zero-order valence-corrected chi connectivity index (χ0v) is 16.4. The number of aryl methyl sites for hydroxylation is 3. The number of anilines is 2. The van der Waals surface area contributed by atoms with Crippen molar-refractivity contribution in [2.45, 2.75) is 27.2 Å². The summed E-state index contributed by atoms with van der Waals surface area (Å²) in [5, 5.41) is 8.94. The summed E-state index contributed by atoms with van der Waals surface area (Å²) in [6.07, 6.45) is 1.03. The van der Waals surface area contributed by atoms with Gasteiger partial charge in [0.2, 0.25) is 0 Å². The Morgan fingerprint density at radius 3 is 2.37 bits per heavy atom. The first-order valence-corrected chi connectivity index (χ1v) is 9.42. The Balaban J connectivity index is 1.82. The highest BCUT2D eigenvalue weighted by molar-refractivity contribution is 6.30. The van der Waals surface area contributed by atoms with Crippen molar-refractivity contribution in [3.05, 3.63) is 76.6 Å². The number of nitrogens with one attached hydrogen (secondary N) is 1. The molecule has 4 nitrogen and oxygen atoms in total. The molecule has 4 rings (SSSR count). The molecular weight excluding hydrogens is 356 g/mol. The summed E-state index contributed by atoms with van der Waals surface area (Å²) in [5.41, 5.74) is 7.13. The topological polar surface area (TPSA) is 42.2 Å². The lowest BCUT2D eigenvalue weighted by molar-refractivity contribution is 0.917. The number of nitrogens with zero attached hydrogens (tertiary/aromatic N) is 3. The molecule has 27 heavy (non-hydrogen) atoms. The summed E-state index contributed by atoms with van der Waals surface area (Å²) < 4.78 is 1.88. The van der Waals surface area contributed by atoms with Crippen molar-refractivity contribution >= 4 is 28.8 Å². The van der Waals surface area contributed by atoms with Crippen molar-refractivity contribution in [1.29, 1.82) is 0 Å². The highest BCUT2D eigenvalue weighted by atomic mass is 35.5. The van der Waals surface area contributed by atoms with Crippen molar-refractivity contribution in [2.24, 2.45) is 0 Å². The van der Waals surface area contributed by atoms with E-state index in [9.17, 15) is 0 Å². The van der Waals surface area contributed by atoms with Gasteiger partial charge in [-0.3, -0.25) is 0 Å². The predicted molar refractivity (Wildman–Crippen MR) is 112 cm³/mol. The van der Waals surface area contributed by atoms with Crippen LogP contribution >= 0.6 is 11.6 Å². The predicted octanol–water partition coefficient (Wildman–Crippen LogP) is 5.97. The minimum absolute atomic E-state index is 0.717. The normalized spacial score (nSPS) is 11.1. The number of benzene rings is 2. The second-order valence-electron chi connectivity index (χ2n) is 6.66. The molecular formula is C22H21ClN4. The van der Waals surface area contributed by atoms with E-state index in [-0.39, 0.29) is 0 Å². The van der Waals surface area contributed by atoms with E-state index in [1.54, 1.807) is 0 Å². The number of rotatable bonds is 4. The van der Waals surface area contributed by atoms with Gasteiger partial charge in [-0.05, 0) is 55.7 Å². The van der Waals surface area contributed by atoms with Gasteiger partial charge in [0.15, 0.2) is 5.65 Å². The van der Waals surface area contributed by atoms with E-state index in [1.807, 2.05) is 48.7 Å². The molecule has 0 aliphatic heterocycles. The average molecular weight is 377 g/mol. The Labute approximate surface area is 163 Å². The minimum atomic E-state index is 0.717. The molecule has 2 aromatic heterocycles. The highest BCUT2D eigenvalue weighted by Gasteiger charge is 2.16. The van der Waals surface area contributed by atoms with Gasteiger partial charge in [-0.25, -0.2) is 4.98 Å². The number of aromatic nitrogens is 3. The van der Waals surface area contributed by atoms with Gasteiger partial charge < -0.3 is 5.32 Å². The van der Waals surface area contributed by atoms with E-state index in [2.05, 4.69) is 36.5 Å². The second-order valence-corrected chi connectivity index (χ2v) is 7.10. The van der Waals surface area contributed by atoms with Crippen LogP contribution in [0.5, 0.6) is 0 Å². The molecule has 0 spiro atoms. The van der Waals surface area contributed by atoms with Gasteiger partial charge in [-0.15, -0.1) is 0 Å². The maximum atomic E-state index is 6.05. The van der Waals surface area contributed by atoms with Gasteiger partial charge in [0.25, 0.3) is 0 Å². The molecule has 2 aromatic carbocycles. The first-order chi connectivity index (χ1) is 13.0. The van der Waals surface area contributed by atoms with Crippen molar-refractivity contribution < 1.29 is 0 Å². The number of hydrogen-bond donors (Lipinski definition) is 1. The summed E-state index contributed by atoms with van der Waals surface area (Å²) in [5.74, 6) is 0.894. The molecule has 0 aliphatic rings. The van der Waals surface area contributed by atoms with Gasteiger partial charge >= 0.3 is 0 Å². The fourth-order valence-corrected chi connectivity index (χ4v) is 3.39. The van der Waals surface area contributed by atoms with Gasteiger partial charge in [0.05, 0.1) is 5.69 Å². The first-order valence-electron chi connectivity index (χ1n) is 9.04. The van der Waals surface area contributed by atoms with E-state index >= 15 is 0 Å². The fraction of sp³-hybridized carbons (Fsp3) is 0.182. The summed E-state index contributed by atoms with van der Waals surface area (Å²) in [6, 6.07) is 18.3. The largest absolute Gasteiger partial charge is 0.340 e. The fourth-order valence-electron chi connectivity index (χ4n) is 3.26. The van der Waals surface area contributed by atoms with E-state index in [4.69, 9.17) is 21.7 Å². The van der Waals surface area contributed by atoms with Crippen LogP contribution in [0.4, 0.5) is 11.5 Å². The van der Waals surface area contributed by atoms with Gasteiger partial charge in [0.1, 0.15) is 5.82 Å². The second kappa shape index (κ2) is 7.05. The molecule has 0 unspecified atom stereocenters. The van der Waals surface area contributed by atoms with Crippen LogP contribution < -0.4 is 5.32 Å². The van der Waals surface area contributed by atoms with Crippen molar-refractivity contribution in [1.82, 2.24) is 14.6 Å². The molecule has 5 heteroatoms. The zero-order valence-electron chi connectivity index (χ0n) is 15.6. The molecule has 1 N–H and O–H groups in total. The molecule has 2 heterocycles. The van der Waals surface area contributed by atoms with E-state index in [1.165, 1.54) is 5.56 Å². The molecule has 0 amide bonds. The Morgan fingerprint density at radius 1 is 1.00 bits per heavy atom. The Morgan fingerprint density at radius 2 is 1.70 bits per heavy atom. The molecule has 0 saturated heterocycles. The van der Waals surface area contributed by atoms with Crippen LogP contribution in [0.15, 0.2) is 54.6 Å². The summed E-state index contributed by atoms with van der Waals surface area (Å²) >= 11 is 6.05. The minimum Gasteiger partial charge on any atom is -0.340 e. The molecule has 0 saturated carbocycles. The maximum Gasteiger partial charge on any atom is 0.165 e. The molecule has 0 fully saturated rings. The van der Waals surface area contributed by atoms with E-state index < -0.39 is 0 Å².